The molecule has 4 aromatic rings. The van der Waals surface area contributed by atoms with Gasteiger partial charge in [0.2, 0.25) is 0 Å². The van der Waals surface area contributed by atoms with Crippen LogP contribution in [0.25, 0.3) is 11.3 Å². The number of aliphatic hydroxyl groups is 1. The maximum atomic E-state index is 14.3. The van der Waals surface area contributed by atoms with Crippen LogP contribution in [0.15, 0.2) is 58.3 Å². The van der Waals surface area contributed by atoms with Crippen LogP contribution < -0.4 is 16.1 Å². The second kappa shape index (κ2) is 11.1. The third-order valence-electron chi connectivity index (χ3n) is 7.40. The monoisotopic (exact) mass is 678 g/mol. The molecular weight excluding hydrogens is 653 g/mol. The number of aromatic nitrogens is 5. The number of nitrogens with one attached hydrogen (secondary N) is 1. The van der Waals surface area contributed by atoms with Gasteiger partial charge in [0.05, 0.1) is 19.2 Å². The molecule has 2 N–H and O–H groups in total. The topological polar surface area (TPSA) is 128 Å². The molecule has 2 aliphatic heterocycles. The molecule has 41 heavy (non-hydrogen) atoms. The second-order valence-electron chi connectivity index (χ2n) is 9.99. The predicted molar refractivity (Wildman–Crippen MR) is 151 cm³/mol. The Kier molecular flexibility index (Phi) is 7.48. The number of aromatic amines is 1. The Hall–Kier alpha value is -3.47. The first-order valence-corrected chi connectivity index (χ1v) is 13.9. The average Bonchev–Trinajstić information content (AvgIpc) is 3.69. The van der Waals surface area contributed by atoms with Gasteiger partial charge in [0.1, 0.15) is 46.2 Å². The van der Waals surface area contributed by atoms with Crippen molar-refractivity contribution < 1.29 is 23.4 Å². The first-order valence-electron chi connectivity index (χ1n) is 12.8. The molecule has 0 radical (unpaired) electrons. The molecule has 214 valence electrons. The van der Waals surface area contributed by atoms with E-state index < -0.39 is 47.4 Å². The minimum Gasteiger partial charge on any atom is -0.394 e. The predicted octanol–water partition coefficient (Wildman–Crippen LogP) is 3.04. The van der Waals surface area contributed by atoms with Crippen molar-refractivity contribution in [3.63, 3.8) is 0 Å². The van der Waals surface area contributed by atoms with Crippen LogP contribution in [0.4, 0.5) is 14.5 Å². The lowest BCUT2D eigenvalue weighted by Gasteiger charge is -2.18. The molecule has 2 saturated heterocycles. The number of halogens is 3. The zero-order valence-electron chi connectivity index (χ0n) is 21.7. The Morgan fingerprint density at radius 2 is 2.02 bits per heavy atom. The van der Waals surface area contributed by atoms with Crippen LogP contribution in [0.1, 0.15) is 35.9 Å². The fourth-order valence-corrected chi connectivity index (χ4v) is 6.12. The molecule has 11 nitrogen and oxygen atoms in total. The van der Waals surface area contributed by atoms with E-state index in [-0.39, 0.29) is 13.3 Å². The molecule has 0 bridgehead atoms. The van der Waals surface area contributed by atoms with E-state index in [1.165, 1.54) is 22.9 Å². The Bertz CT molecular complexity index is 1730. The zero-order chi connectivity index (χ0) is 28.8. The third kappa shape index (κ3) is 5.20. The maximum absolute atomic E-state index is 14.3. The van der Waals surface area contributed by atoms with Crippen molar-refractivity contribution in [1.29, 1.82) is 0 Å². The van der Waals surface area contributed by atoms with E-state index in [1.54, 1.807) is 11.6 Å². The number of aliphatic hydroxyl groups excluding tert-OH is 1. The highest BCUT2D eigenvalue weighted by molar-refractivity contribution is 14.1. The van der Waals surface area contributed by atoms with E-state index in [1.807, 2.05) is 29.2 Å². The van der Waals surface area contributed by atoms with Gasteiger partial charge in [-0.2, -0.15) is 0 Å². The van der Waals surface area contributed by atoms with Crippen molar-refractivity contribution in [2.45, 2.75) is 37.8 Å². The Labute approximate surface area is 245 Å². The number of rotatable bonds is 6. The summed E-state index contributed by atoms with van der Waals surface area (Å²) in [5.74, 6) is -1.28. The molecule has 14 heteroatoms. The van der Waals surface area contributed by atoms with E-state index in [0.717, 1.165) is 17.3 Å². The number of nitrogens with zero attached hydrogens (tertiary/aromatic N) is 5. The van der Waals surface area contributed by atoms with Crippen molar-refractivity contribution in [1.82, 2.24) is 24.5 Å². The van der Waals surface area contributed by atoms with E-state index in [0.29, 0.717) is 33.5 Å². The van der Waals surface area contributed by atoms with E-state index in [2.05, 4.69) is 37.9 Å². The molecule has 0 spiro atoms. The first-order chi connectivity index (χ1) is 19.7. The van der Waals surface area contributed by atoms with Gasteiger partial charge in [0.25, 0.3) is 5.56 Å². The minimum absolute atomic E-state index is 0.233. The van der Waals surface area contributed by atoms with Gasteiger partial charge < -0.3 is 19.5 Å². The second-order valence-corrected chi connectivity index (χ2v) is 11.0. The van der Waals surface area contributed by atoms with Gasteiger partial charge >= 0.3 is 5.69 Å². The average molecular weight is 678 g/mol. The molecule has 2 fully saturated rings. The summed E-state index contributed by atoms with van der Waals surface area (Å²) in [7, 11) is 0. The smallest absolute Gasteiger partial charge is 0.330 e. The summed E-state index contributed by atoms with van der Waals surface area (Å²) in [6, 6.07) is 10.7. The molecule has 2 aliphatic rings. The maximum Gasteiger partial charge on any atom is 0.330 e. The van der Waals surface area contributed by atoms with Crippen molar-refractivity contribution >= 4 is 28.3 Å². The van der Waals surface area contributed by atoms with Crippen LogP contribution in [-0.2, 0) is 9.47 Å². The SMILES string of the molecule is Cc1cn([C@H]2C[C@H](n3nnc(-c4cccc(N5COC(c6ccc(F)cc6F)C5)c4)c3I)[C@@H](CO)O2)c(=O)[nH]c1=O. The van der Waals surface area contributed by atoms with Crippen LogP contribution in [0.2, 0.25) is 0 Å². The Balaban J connectivity index is 1.23. The fourth-order valence-electron chi connectivity index (χ4n) is 5.24. The standard InChI is InChI=1S/C27H25F2IN6O5/c1-14-10-35(27(39)31-26(14)38)23-9-20(22(12-37)41-23)36-25(30)24(32-33-36)15-3-2-4-17(7-15)34-11-21(40-13-34)18-6-5-16(28)8-19(18)29/h2-8,10,20-23,37H,9,11-13H2,1H3,(H,31,38,39)/t20-,21?,22+,23+/m0/s1. The van der Waals surface area contributed by atoms with Gasteiger partial charge in [-0.3, -0.25) is 14.3 Å². The van der Waals surface area contributed by atoms with Crippen molar-refractivity contribution in [2.75, 3.05) is 24.8 Å². The summed E-state index contributed by atoms with van der Waals surface area (Å²) in [6.45, 7) is 1.92. The van der Waals surface area contributed by atoms with Crippen molar-refractivity contribution in [2.24, 2.45) is 0 Å². The summed E-state index contributed by atoms with van der Waals surface area (Å²) >= 11 is 2.15. The normalized spacial score (nSPS) is 22.5. The van der Waals surface area contributed by atoms with Crippen LogP contribution in [0.3, 0.4) is 0 Å². The Morgan fingerprint density at radius 1 is 1.20 bits per heavy atom. The number of anilines is 1. The lowest BCUT2D eigenvalue weighted by Crippen LogP contribution is -2.33. The summed E-state index contributed by atoms with van der Waals surface area (Å²) in [6.07, 6.45) is -0.130. The number of hydrogen-bond acceptors (Lipinski definition) is 8. The minimum atomic E-state index is -0.707. The lowest BCUT2D eigenvalue weighted by molar-refractivity contribution is -0.0325. The summed E-state index contributed by atoms with van der Waals surface area (Å²) in [4.78, 5) is 28.5. The highest BCUT2D eigenvalue weighted by atomic mass is 127. The van der Waals surface area contributed by atoms with E-state index in [4.69, 9.17) is 9.47 Å². The number of ether oxygens (including phenoxy) is 2. The van der Waals surface area contributed by atoms with Crippen LogP contribution in [-0.4, -0.2) is 55.6 Å². The zero-order valence-corrected chi connectivity index (χ0v) is 23.9. The number of aryl methyl sites for hydroxylation is 1. The molecule has 4 atom stereocenters. The summed E-state index contributed by atoms with van der Waals surface area (Å²) in [5, 5.41) is 18.8. The number of hydrogen-bond donors (Lipinski definition) is 2. The van der Waals surface area contributed by atoms with Crippen molar-refractivity contribution in [3.05, 3.63) is 96.0 Å². The fraction of sp³-hybridized carbons (Fsp3) is 0.333. The summed E-state index contributed by atoms with van der Waals surface area (Å²) < 4.78 is 43.2. The lowest BCUT2D eigenvalue weighted by atomic mass is 10.1. The van der Waals surface area contributed by atoms with Crippen LogP contribution in [0.5, 0.6) is 0 Å². The summed E-state index contributed by atoms with van der Waals surface area (Å²) in [5.41, 5.74) is 1.86. The molecule has 2 aromatic heterocycles. The van der Waals surface area contributed by atoms with E-state index in [9.17, 15) is 23.5 Å². The molecular formula is C27H25F2IN6O5. The molecule has 0 aliphatic carbocycles. The Morgan fingerprint density at radius 3 is 2.80 bits per heavy atom. The van der Waals surface area contributed by atoms with Gasteiger partial charge in [-0.25, -0.2) is 18.3 Å². The van der Waals surface area contributed by atoms with Gasteiger partial charge in [0.15, 0.2) is 0 Å². The largest absolute Gasteiger partial charge is 0.394 e. The third-order valence-corrected chi connectivity index (χ3v) is 8.41. The van der Waals surface area contributed by atoms with Gasteiger partial charge in [0, 0.05) is 41.1 Å². The molecule has 2 aromatic carbocycles. The highest BCUT2D eigenvalue weighted by Gasteiger charge is 2.39. The highest BCUT2D eigenvalue weighted by Crippen LogP contribution is 2.39. The van der Waals surface area contributed by atoms with Gasteiger partial charge in [-0.15, -0.1) is 5.10 Å². The quantitative estimate of drug-likeness (QED) is 0.298. The molecule has 6 rings (SSSR count). The first kappa shape index (κ1) is 27.7. The number of benzene rings is 2. The number of H-pyrrole nitrogens is 1. The van der Waals surface area contributed by atoms with Crippen LogP contribution >= 0.6 is 22.6 Å². The molecule has 1 unspecified atom stereocenters. The van der Waals surface area contributed by atoms with Gasteiger partial charge in [-0.1, -0.05) is 23.4 Å². The van der Waals surface area contributed by atoms with Crippen molar-refractivity contribution in [3.8, 4) is 11.3 Å². The molecule has 0 amide bonds. The van der Waals surface area contributed by atoms with Gasteiger partial charge in [-0.05, 0) is 47.7 Å². The molecule has 4 heterocycles. The van der Waals surface area contributed by atoms with E-state index >= 15 is 0 Å². The van der Waals surface area contributed by atoms with Crippen LogP contribution in [0, 0.1) is 22.3 Å². The molecule has 0 saturated carbocycles.